The maximum absolute atomic E-state index is 13.0. The molecule has 1 heterocycles. The van der Waals surface area contributed by atoms with Crippen LogP contribution in [0, 0.1) is 0 Å². The van der Waals surface area contributed by atoms with E-state index in [0.29, 0.717) is 22.3 Å². The highest BCUT2D eigenvalue weighted by Gasteiger charge is 2.22. The molecule has 3 rings (SSSR count). The van der Waals surface area contributed by atoms with Crippen molar-refractivity contribution >= 4 is 49.0 Å². The third-order valence-electron chi connectivity index (χ3n) is 3.78. The monoisotopic (exact) mass is 477 g/mol. The molecule has 2 aromatic carbocycles. The maximum Gasteiger partial charge on any atom is 0.282 e. The van der Waals surface area contributed by atoms with Gasteiger partial charge in [-0.3, -0.25) is 4.79 Å². The zero-order valence-corrected chi connectivity index (χ0v) is 17.7. The minimum Gasteiger partial charge on any atom is -0.507 e. The summed E-state index contributed by atoms with van der Waals surface area (Å²) in [5.41, 5.74) is 0.476. The molecule has 7 heteroatoms. The third-order valence-corrected chi connectivity index (χ3v) is 4.77. The fourth-order valence-electron chi connectivity index (χ4n) is 2.49. The summed E-state index contributed by atoms with van der Waals surface area (Å²) in [6, 6.07) is 10.4. The van der Waals surface area contributed by atoms with Gasteiger partial charge >= 0.3 is 0 Å². The Labute approximate surface area is 167 Å². The van der Waals surface area contributed by atoms with E-state index in [-0.39, 0.29) is 11.3 Å². The second-order valence-electron chi connectivity index (χ2n) is 6.91. The van der Waals surface area contributed by atoms with Gasteiger partial charge in [0.25, 0.3) is 5.56 Å². The van der Waals surface area contributed by atoms with Crippen molar-refractivity contribution in [1.29, 1.82) is 0 Å². The first kappa shape index (κ1) is 18.8. The van der Waals surface area contributed by atoms with Gasteiger partial charge < -0.3 is 5.11 Å². The second-order valence-corrected chi connectivity index (χ2v) is 8.74. The van der Waals surface area contributed by atoms with Crippen LogP contribution in [0.1, 0.15) is 32.2 Å². The normalized spacial score (nSPS) is 12.2. The third kappa shape index (κ3) is 3.73. The van der Waals surface area contributed by atoms with E-state index < -0.39 is 5.41 Å². The zero-order chi connectivity index (χ0) is 19.1. The number of benzene rings is 2. The molecule has 0 bridgehead atoms. The lowest BCUT2D eigenvalue weighted by Gasteiger charge is -2.20. The molecule has 26 heavy (non-hydrogen) atoms. The van der Waals surface area contributed by atoms with E-state index in [0.717, 1.165) is 8.95 Å². The van der Waals surface area contributed by atoms with Crippen LogP contribution in [-0.4, -0.2) is 21.0 Å². The first-order chi connectivity index (χ1) is 12.2. The van der Waals surface area contributed by atoms with Gasteiger partial charge in [0.2, 0.25) is 0 Å². The number of nitrogens with zero attached hydrogens (tertiary/aromatic N) is 3. The quantitative estimate of drug-likeness (QED) is 0.537. The van der Waals surface area contributed by atoms with Crippen LogP contribution < -0.4 is 5.56 Å². The molecule has 0 aliphatic carbocycles. The Bertz CT molecular complexity index is 1080. The number of phenols is 1. The van der Waals surface area contributed by atoms with Crippen molar-refractivity contribution in [2.75, 3.05) is 0 Å². The number of fused-ring (bicyclic) bond motifs is 1. The molecule has 0 fully saturated rings. The Morgan fingerprint density at radius 3 is 2.46 bits per heavy atom. The van der Waals surface area contributed by atoms with Gasteiger partial charge in [-0.1, -0.05) is 52.6 Å². The van der Waals surface area contributed by atoms with Gasteiger partial charge in [-0.15, -0.1) is 0 Å². The van der Waals surface area contributed by atoms with Crippen molar-refractivity contribution < 1.29 is 5.11 Å². The average Bonchev–Trinajstić information content (AvgIpc) is 2.56. The summed E-state index contributed by atoms with van der Waals surface area (Å²) in [6.45, 7) is 5.92. The Hall–Kier alpha value is -1.99. The van der Waals surface area contributed by atoms with Gasteiger partial charge in [-0.25, -0.2) is 4.98 Å². The van der Waals surface area contributed by atoms with Gasteiger partial charge in [-0.2, -0.15) is 9.78 Å². The van der Waals surface area contributed by atoms with Crippen LogP contribution >= 0.6 is 31.9 Å². The molecular weight excluding hydrogens is 462 g/mol. The SMILES string of the molecule is CC(C)(C)c1nc2ccc(Br)cc2c(=O)n1N=Cc1cc(Br)ccc1O. The lowest BCUT2D eigenvalue weighted by atomic mass is 9.95. The molecule has 0 radical (unpaired) electrons. The number of aromatic hydroxyl groups is 1. The van der Waals surface area contributed by atoms with Crippen LogP contribution in [0.25, 0.3) is 10.9 Å². The summed E-state index contributed by atoms with van der Waals surface area (Å²) in [6.07, 6.45) is 1.46. The van der Waals surface area contributed by atoms with E-state index in [1.807, 2.05) is 32.9 Å². The fraction of sp³-hybridized carbons (Fsp3) is 0.211. The Morgan fingerprint density at radius 2 is 1.77 bits per heavy atom. The Kier molecular flexibility index (Phi) is 5.03. The maximum atomic E-state index is 13.0. The van der Waals surface area contributed by atoms with E-state index >= 15 is 0 Å². The molecule has 1 N–H and O–H groups in total. The van der Waals surface area contributed by atoms with E-state index in [1.165, 1.54) is 10.9 Å². The summed E-state index contributed by atoms with van der Waals surface area (Å²) >= 11 is 6.75. The van der Waals surface area contributed by atoms with Crippen LogP contribution in [0.5, 0.6) is 5.75 Å². The van der Waals surface area contributed by atoms with Gasteiger partial charge in [0.15, 0.2) is 0 Å². The summed E-state index contributed by atoms with van der Waals surface area (Å²) in [5, 5.41) is 14.8. The van der Waals surface area contributed by atoms with Crippen molar-refractivity contribution in [2.24, 2.45) is 5.10 Å². The molecule has 3 aromatic rings. The lowest BCUT2D eigenvalue weighted by Crippen LogP contribution is -2.29. The molecule has 0 saturated heterocycles. The fourth-order valence-corrected chi connectivity index (χ4v) is 3.23. The van der Waals surface area contributed by atoms with E-state index in [4.69, 9.17) is 0 Å². The number of hydrogen-bond acceptors (Lipinski definition) is 4. The van der Waals surface area contributed by atoms with Crippen molar-refractivity contribution in [1.82, 2.24) is 9.66 Å². The number of aromatic nitrogens is 2. The van der Waals surface area contributed by atoms with Gasteiger partial charge in [0.05, 0.1) is 17.1 Å². The van der Waals surface area contributed by atoms with Crippen LogP contribution in [0.4, 0.5) is 0 Å². The lowest BCUT2D eigenvalue weighted by molar-refractivity contribution is 0.474. The van der Waals surface area contributed by atoms with Crippen LogP contribution in [0.15, 0.2) is 55.2 Å². The molecule has 0 saturated carbocycles. The Morgan fingerprint density at radius 1 is 1.12 bits per heavy atom. The number of hydrogen-bond donors (Lipinski definition) is 1. The molecule has 0 amide bonds. The van der Waals surface area contributed by atoms with Gasteiger partial charge in [-0.05, 0) is 36.4 Å². The highest BCUT2D eigenvalue weighted by molar-refractivity contribution is 9.10. The topological polar surface area (TPSA) is 67.5 Å². The molecular formula is C19H17Br2N3O2. The van der Waals surface area contributed by atoms with E-state index in [9.17, 15) is 9.90 Å². The first-order valence-corrected chi connectivity index (χ1v) is 9.51. The zero-order valence-electron chi connectivity index (χ0n) is 14.5. The molecule has 0 aliphatic rings. The summed E-state index contributed by atoms with van der Waals surface area (Å²) < 4.78 is 2.91. The average molecular weight is 479 g/mol. The molecule has 1 aromatic heterocycles. The number of halogens is 2. The predicted molar refractivity (Wildman–Crippen MR) is 111 cm³/mol. The minimum absolute atomic E-state index is 0.0822. The van der Waals surface area contributed by atoms with Crippen LogP contribution in [0.2, 0.25) is 0 Å². The minimum atomic E-state index is -0.392. The van der Waals surface area contributed by atoms with Gasteiger partial charge in [0.1, 0.15) is 11.6 Å². The van der Waals surface area contributed by atoms with Crippen molar-refractivity contribution in [3.05, 3.63) is 67.1 Å². The standard InChI is InChI=1S/C19H17Br2N3O2/c1-19(2,3)18-23-15-6-4-13(21)9-14(15)17(26)24(18)22-10-11-8-12(20)5-7-16(11)25/h4-10,25H,1-3H3. The van der Waals surface area contributed by atoms with Crippen molar-refractivity contribution in [3.63, 3.8) is 0 Å². The van der Waals surface area contributed by atoms with E-state index in [1.54, 1.807) is 24.3 Å². The van der Waals surface area contributed by atoms with Gasteiger partial charge in [0, 0.05) is 19.9 Å². The highest BCUT2D eigenvalue weighted by Crippen LogP contribution is 2.24. The number of rotatable bonds is 2. The number of phenolic OH excluding ortho intramolecular Hbond substituents is 1. The molecule has 0 unspecified atom stereocenters. The largest absolute Gasteiger partial charge is 0.507 e. The van der Waals surface area contributed by atoms with Crippen LogP contribution in [0.3, 0.4) is 0 Å². The molecule has 0 spiro atoms. The van der Waals surface area contributed by atoms with Crippen LogP contribution in [-0.2, 0) is 5.41 Å². The molecule has 134 valence electrons. The Balaban J connectivity index is 2.26. The molecule has 0 aliphatic heterocycles. The highest BCUT2D eigenvalue weighted by atomic mass is 79.9. The van der Waals surface area contributed by atoms with E-state index in [2.05, 4.69) is 41.9 Å². The summed E-state index contributed by atoms with van der Waals surface area (Å²) in [5.74, 6) is 0.627. The summed E-state index contributed by atoms with van der Waals surface area (Å²) in [4.78, 5) is 17.7. The smallest absolute Gasteiger partial charge is 0.282 e. The molecule has 0 atom stereocenters. The van der Waals surface area contributed by atoms with Crippen molar-refractivity contribution in [2.45, 2.75) is 26.2 Å². The predicted octanol–water partition coefficient (Wildman–Crippen LogP) is 4.81. The first-order valence-electron chi connectivity index (χ1n) is 7.92. The van der Waals surface area contributed by atoms with Crippen molar-refractivity contribution in [3.8, 4) is 5.75 Å². The summed E-state index contributed by atoms with van der Waals surface area (Å²) in [7, 11) is 0. The second kappa shape index (κ2) is 6.96. The molecule has 5 nitrogen and oxygen atoms in total.